The number of rotatable bonds is 4. The summed E-state index contributed by atoms with van der Waals surface area (Å²) in [6.07, 6.45) is 0. The lowest BCUT2D eigenvalue weighted by Gasteiger charge is -2.20. The molecule has 0 aliphatic carbocycles. The highest BCUT2D eigenvalue weighted by Gasteiger charge is 2.09. The van der Waals surface area contributed by atoms with Gasteiger partial charge in [-0.3, -0.25) is 0 Å². The lowest BCUT2D eigenvalue weighted by molar-refractivity contribution is 0.591. The highest BCUT2D eigenvalue weighted by Crippen LogP contribution is 2.19. The molecule has 0 fully saturated rings. The van der Waals surface area contributed by atoms with Crippen molar-refractivity contribution < 1.29 is 4.39 Å². The van der Waals surface area contributed by atoms with Crippen molar-refractivity contribution in [3.8, 4) is 0 Å². The molecule has 2 rings (SSSR count). The molecule has 0 amide bonds. The van der Waals surface area contributed by atoms with Gasteiger partial charge in [-0.1, -0.05) is 35.9 Å². The molecule has 2 N–H and O–H groups in total. The van der Waals surface area contributed by atoms with E-state index >= 15 is 0 Å². The molecule has 0 saturated carbocycles. The van der Waals surface area contributed by atoms with Crippen LogP contribution in [-0.2, 0) is 13.1 Å². The van der Waals surface area contributed by atoms with E-state index in [1.807, 2.05) is 37.1 Å². The summed E-state index contributed by atoms with van der Waals surface area (Å²) >= 11 is 0. The molecular formula is C16H19FN2. The van der Waals surface area contributed by atoms with Gasteiger partial charge in [0.1, 0.15) is 5.82 Å². The normalized spacial score (nSPS) is 10.5. The number of anilines is 1. The molecular weight excluding hydrogens is 239 g/mol. The monoisotopic (exact) mass is 258 g/mol. The summed E-state index contributed by atoms with van der Waals surface area (Å²) < 4.78 is 14.1. The van der Waals surface area contributed by atoms with Crippen molar-refractivity contribution in [1.29, 1.82) is 0 Å². The number of hydrogen-bond donors (Lipinski definition) is 1. The van der Waals surface area contributed by atoms with Gasteiger partial charge in [-0.05, 0) is 19.1 Å². The topological polar surface area (TPSA) is 29.3 Å². The quantitative estimate of drug-likeness (QED) is 0.912. The third kappa shape index (κ3) is 3.12. The third-order valence-electron chi connectivity index (χ3n) is 3.26. The number of hydrogen-bond acceptors (Lipinski definition) is 2. The van der Waals surface area contributed by atoms with E-state index < -0.39 is 0 Å². The summed E-state index contributed by atoms with van der Waals surface area (Å²) in [5.74, 6) is -0.191. The van der Waals surface area contributed by atoms with Crippen molar-refractivity contribution >= 4 is 5.69 Å². The Labute approximate surface area is 113 Å². The number of nitrogens with two attached hydrogens (primary N) is 1. The summed E-state index contributed by atoms with van der Waals surface area (Å²) in [5, 5.41) is 0. The first-order valence-corrected chi connectivity index (χ1v) is 6.36. The molecule has 0 aromatic heterocycles. The molecule has 100 valence electrons. The minimum Gasteiger partial charge on any atom is -0.370 e. The van der Waals surface area contributed by atoms with Crippen molar-refractivity contribution in [3.63, 3.8) is 0 Å². The molecule has 2 aromatic rings. The molecule has 0 aliphatic heterocycles. The maximum absolute atomic E-state index is 14.1. The van der Waals surface area contributed by atoms with Gasteiger partial charge in [-0.15, -0.1) is 0 Å². The van der Waals surface area contributed by atoms with Crippen LogP contribution in [0.2, 0.25) is 0 Å². The average Bonchev–Trinajstić information content (AvgIpc) is 2.42. The van der Waals surface area contributed by atoms with Gasteiger partial charge in [0.25, 0.3) is 0 Å². The van der Waals surface area contributed by atoms with Crippen LogP contribution in [-0.4, -0.2) is 7.05 Å². The van der Waals surface area contributed by atoms with Crippen LogP contribution in [0.3, 0.4) is 0 Å². The van der Waals surface area contributed by atoms with Gasteiger partial charge in [0, 0.05) is 37.0 Å². The number of aryl methyl sites for hydroxylation is 1. The fourth-order valence-electron chi connectivity index (χ4n) is 2.06. The zero-order valence-electron chi connectivity index (χ0n) is 11.4. The number of benzene rings is 2. The van der Waals surface area contributed by atoms with E-state index in [9.17, 15) is 4.39 Å². The van der Waals surface area contributed by atoms with Crippen molar-refractivity contribution in [2.24, 2.45) is 5.73 Å². The minimum absolute atomic E-state index is 0.191. The van der Waals surface area contributed by atoms with Gasteiger partial charge in [0.2, 0.25) is 0 Å². The number of nitrogens with zero attached hydrogens (tertiary/aromatic N) is 1. The second kappa shape index (κ2) is 5.85. The zero-order valence-corrected chi connectivity index (χ0v) is 11.4. The fraction of sp³-hybridized carbons (Fsp3) is 0.250. The van der Waals surface area contributed by atoms with E-state index in [0.717, 1.165) is 5.69 Å². The summed E-state index contributed by atoms with van der Waals surface area (Å²) in [7, 11) is 1.96. The molecule has 2 aromatic carbocycles. The minimum atomic E-state index is -0.191. The lowest BCUT2D eigenvalue weighted by atomic mass is 10.1. The maximum Gasteiger partial charge on any atom is 0.132 e. The molecule has 0 atom stereocenters. The third-order valence-corrected chi connectivity index (χ3v) is 3.26. The van der Waals surface area contributed by atoms with Crippen LogP contribution in [0.15, 0.2) is 42.5 Å². The van der Waals surface area contributed by atoms with Gasteiger partial charge in [0.15, 0.2) is 0 Å². The first-order chi connectivity index (χ1) is 9.11. The Morgan fingerprint density at radius 3 is 2.32 bits per heavy atom. The predicted octanol–water partition coefficient (Wildman–Crippen LogP) is 3.23. The standard InChI is InChI=1S/C16H19FN2/c1-12-6-8-15(9-7-12)19(2)11-14-5-3-4-13(10-18)16(14)17/h3-9H,10-11,18H2,1-2H3. The van der Waals surface area contributed by atoms with Crippen molar-refractivity contribution in [3.05, 3.63) is 65.0 Å². The Morgan fingerprint density at radius 1 is 1.05 bits per heavy atom. The first kappa shape index (κ1) is 13.6. The zero-order chi connectivity index (χ0) is 13.8. The molecule has 2 nitrogen and oxygen atoms in total. The van der Waals surface area contributed by atoms with Crippen LogP contribution in [0.25, 0.3) is 0 Å². The Balaban J connectivity index is 2.19. The SMILES string of the molecule is Cc1ccc(N(C)Cc2cccc(CN)c2F)cc1. The van der Waals surface area contributed by atoms with Crippen molar-refractivity contribution in [2.45, 2.75) is 20.0 Å². The molecule has 0 spiro atoms. The lowest BCUT2D eigenvalue weighted by Crippen LogP contribution is -2.18. The summed E-state index contributed by atoms with van der Waals surface area (Å²) in [6.45, 7) is 2.81. The molecule has 0 heterocycles. The van der Waals surface area contributed by atoms with Crippen molar-refractivity contribution in [2.75, 3.05) is 11.9 Å². The van der Waals surface area contributed by atoms with Crippen LogP contribution in [0.4, 0.5) is 10.1 Å². The second-order valence-electron chi connectivity index (χ2n) is 4.79. The molecule has 0 unspecified atom stereocenters. The van der Waals surface area contributed by atoms with Gasteiger partial charge in [0.05, 0.1) is 0 Å². The molecule has 0 saturated heterocycles. The highest BCUT2D eigenvalue weighted by molar-refractivity contribution is 5.47. The number of halogens is 1. The van der Waals surface area contributed by atoms with E-state index in [0.29, 0.717) is 17.7 Å². The fourth-order valence-corrected chi connectivity index (χ4v) is 2.06. The Hall–Kier alpha value is -1.87. The molecule has 19 heavy (non-hydrogen) atoms. The Morgan fingerprint density at radius 2 is 1.68 bits per heavy atom. The predicted molar refractivity (Wildman–Crippen MR) is 77.6 cm³/mol. The van der Waals surface area contributed by atoms with Crippen LogP contribution < -0.4 is 10.6 Å². The largest absolute Gasteiger partial charge is 0.370 e. The van der Waals surface area contributed by atoms with Gasteiger partial charge < -0.3 is 10.6 Å². The van der Waals surface area contributed by atoms with E-state index in [-0.39, 0.29) is 12.4 Å². The molecule has 3 heteroatoms. The van der Waals surface area contributed by atoms with E-state index in [1.54, 1.807) is 12.1 Å². The van der Waals surface area contributed by atoms with E-state index in [2.05, 4.69) is 12.1 Å². The maximum atomic E-state index is 14.1. The second-order valence-corrected chi connectivity index (χ2v) is 4.79. The van der Waals surface area contributed by atoms with Gasteiger partial charge in [-0.2, -0.15) is 0 Å². The summed E-state index contributed by atoms with van der Waals surface area (Å²) in [5.41, 5.74) is 9.05. The summed E-state index contributed by atoms with van der Waals surface area (Å²) in [4.78, 5) is 2.03. The smallest absolute Gasteiger partial charge is 0.132 e. The van der Waals surface area contributed by atoms with Crippen molar-refractivity contribution in [1.82, 2.24) is 0 Å². The van der Waals surface area contributed by atoms with Crippen LogP contribution in [0.1, 0.15) is 16.7 Å². The van der Waals surface area contributed by atoms with Crippen LogP contribution in [0.5, 0.6) is 0 Å². The van der Waals surface area contributed by atoms with E-state index in [1.165, 1.54) is 5.56 Å². The molecule has 0 bridgehead atoms. The summed E-state index contributed by atoms with van der Waals surface area (Å²) in [6, 6.07) is 13.6. The average molecular weight is 258 g/mol. The first-order valence-electron chi connectivity index (χ1n) is 6.36. The van der Waals surface area contributed by atoms with E-state index in [4.69, 9.17) is 5.73 Å². The van der Waals surface area contributed by atoms with Crippen LogP contribution in [0, 0.1) is 12.7 Å². The molecule has 0 radical (unpaired) electrons. The highest BCUT2D eigenvalue weighted by atomic mass is 19.1. The molecule has 0 aliphatic rings. The van der Waals surface area contributed by atoms with Gasteiger partial charge >= 0.3 is 0 Å². The Bertz CT molecular complexity index is 549. The van der Waals surface area contributed by atoms with Gasteiger partial charge in [-0.25, -0.2) is 4.39 Å². The van der Waals surface area contributed by atoms with Crippen LogP contribution >= 0.6 is 0 Å². The Kier molecular flexibility index (Phi) is 4.17.